The van der Waals surface area contributed by atoms with Gasteiger partial charge in [-0.2, -0.15) is 0 Å². The van der Waals surface area contributed by atoms with Crippen molar-refractivity contribution < 1.29 is 9.18 Å². The number of amides is 1. The van der Waals surface area contributed by atoms with Crippen LogP contribution >= 0.6 is 11.6 Å². The molecule has 19 heavy (non-hydrogen) atoms. The van der Waals surface area contributed by atoms with Gasteiger partial charge in [-0.1, -0.05) is 37.8 Å². The third kappa shape index (κ3) is 3.69. The molecule has 0 unspecified atom stereocenters. The van der Waals surface area contributed by atoms with Gasteiger partial charge in [0.05, 0.1) is 5.56 Å². The highest BCUT2D eigenvalue weighted by Crippen LogP contribution is 2.35. The van der Waals surface area contributed by atoms with E-state index in [0.29, 0.717) is 11.6 Å². The third-order valence-corrected chi connectivity index (χ3v) is 4.14. The molecule has 1 N–H and O–H groups in total. The molecule has 1 aliphatic carbocycles. The van der Waals surface area contributed by atoms with Gasteiger partial charge in [0.15, 0.2) is 0 Å². The van der Waals surface area contributed by atoms with Crippen LogP contribution in [0.25, 0.3) is 0 Å². The molecule has 0 aromatic heterocycles. The summed E-state index contributed by atoms with van der Waals surface area (Å²) in [6, 6.07) is 4.03. The number of halogens is 2. The minimum absolute atomic E-state index is 0.0203. The van der Waals surface area contributed by atoms with Crippen molar-refractivity contribution in [1.29, 1.82) is 0 Å². The standard InChI is InChI=1S/C15H19ClFNO/c1-15(7-3-2-4-8-15)10-18-14(19)12-9-11(16)5-6-13(12)17/h5-6,9H,2-4,7-8,10H2,1H3,(H,18,19). The van der Waals surface area contributed by atoms with Gasteiger partial charge >= 0.3 is 0 Å². The lowest BCUT2D eigenvalue weighted by Gasteiger charge is -2.33. The first-order valence-electron chi connectivity index (χ1n) is 6.73. The maximum absolute atomic E-state index is 13.6. The number of hydrogen-bond donors (Lipinski definition) is 1. The van der Waals surface area contributed by atoms with Crippen LogP contribution in [-0.2, 0) is 0 Å². The molecule has 0 aliphatic heterocycles. The molecule has 2 rings (SSSR count). The molecule has 1 amide bonds. The van der Waals surface area contributed by atoms with Gasteiger partial charge in [-0.05, 0) is 36.5 Å². The smallest absolute Gasteiger partial charge is 0.254 e. The fourth-order valence-electron chi connectivity index (χ4n) is 2.64. The van der Waals surface area contributed by atoms with Gasteiger partial charge in [-0.3, -0.25) is 4.79 Å². The largest absolute Gasteiger partial charge is 0.351 e. The Morgan fingerprint density at radius 2 is 2.05 bits per heavy atom. The first kappa shape index (κ1) is 14.3. The van der Waals surface area contributed by atoms with Crippen LogP contribution in [0, 0.1) is 11.2 Å². The monoisotopic (exact) mass is 283 g/mol. The second-order valence-corrected chi connectivity index (χ2v) is 6.11. The van der Waals surface area contributed by atoms with Crippen LogP contribution in [0.1, 0.15) is 49.4 Å². The van der Waals surface area contributed by atoms with Crippen molar-refractivity contribution in [3.8, 4) is 0 Å². The van der Waals surface area contributed by atoms with Crippen molar-refractivity contribution in [2.24, 2.45) is 5.41 Å². The Labute approximate surface area is 118 Å². The molecule has 1 saturated carbocycles. The van der Waals surface area contributed by atoms with Crippen molar-refractivity contribution in [3.63, 3.8) is 0 Å². The topological polar surface area (TPSA) is 29.1 Å². The van der Waals surface area contributed by atoms with Gasteiger partial charge in [0, 0.05) is 11.6 Å². The van der Waals surface area contributed by atoms with Crippen molar-refractivity contribution in [2.75, 3.05) is 6.54 Å². The van der Waals surface area contributed by atoms with Crippen molar-refractivity contribution >= 4 is 17.5 Å². The number of nitrogens with one attached hydrogen (secondary N) is 1. The molecule has 1 aromatic rings. The number of benzene rings is 1. The lowest BCUT2D eigenvalue weighted by atomic mass is 9.76. The number of carbonyl (C=O) groups excluding carboxylic acids is 1. The molecule has 1 aliphatic rings. The summed E-state index contributed by atoms with van der Waals surface area (Å²) in [7, 11) is 0. The van der Waals surface area contributed by atoms with Gasteiger partial charge in [0.2, 0.25) is 0 Å². The molecule has 104 valence electrons. The van der Waals surface area contributed by atoms with Gasteiger partial charge < -0.3 is 5.32 Å². The molecular weight excluding hydrogens is 265 g/mol. The van der Waals surface area contributed by atoms with E-state index in [1.54, 1.807) is 0 Å². The lowest BCUT2D eigenvalue weighted by molar-refractivity contribution is 0.0915. The molecule has 1 fully saturated rings. The Morgan fingerprint density at radius 1 is 1.37 bits per heavy atom. The minimum atomic E-state index is -0.532. The van der Waals surface area contributed by atoms with E-state index >= 15 is 0 Å². The van der Waals surface area contributed by atoms with Crippen LogP contribution < -0.4 is 5.32 Å². The summed E-state index contributed by atoms with van der Waals surface area (Å²) in [5.41, 5.74) is 0.162. The fraction of sp³-hybridized carbons (Fsp3) is 0.533. The van der Waals surface area contributed by atoms with Gasteiger partial charge in [-0.15, -0.1) is 0 Å². The predicted octanol–water partition coefficient (Wildman–Crippen LogP) is 4.18. The van der Waals surface area contributed by atoms with E-state index in [0.717, 1.165) is 12.8 Å². The average Bonchev–Trinajstić information content (AvgIpc) is 2.40. The maximum atomic E-state index is 13.6. The summed E-state index contributed by atoms with van der Waals surface area (Å²) >= 11 is 5.79. The van der Waals surface area contributed by atoms with E-state index in [1.165, 1.54) is 37.5 Å². The van der Waals surface area contributed by atoms with Crippen LogP contribution in [0.3, 0.4) is 0 Å². The summed E-state index contributed by atoms with van der Waals surface area (Å²) in [5, 5.41) is 3.21. The Balaban J connectivity index is 1.99. The summed E-state index contributed by atoms with van der Waals surface area (Å²) in [6.07, 6.45) is 5.92. The summed E-state index contributed by atoms with van der Waals surface area (Å²) in [6.45, 7) is 2.78. The molecular formula is C15H19ClFNO. The Morgan fingerprint density at radius 3 is 2.74 bits per heavy atom. The first-order valence-corrected chi connectivity index (χ1v) is 7.11. The van der Waals surface area contributed by atoms with Gasteiger partial charge in [-0.25, -0.2) is 4.39 Å². The second-order valence-electron chi connectivity index (χ2n) is 5.68. The summed E-state index contributed by atoms with van der Waals surface area (Å²) in [5.74, 6) is -0.914. The van der Waals surface area contributed by atoms with Crippen molar-refractivity contribution in [1.82, 2.24) is 5.32 Å². The SMILES string of the molecule is CC1(CNC(=O)c2cc(Cl)ccc2F)CCCCC1. The Hall–Kier alpha value is -1.09. The molecule has 0 spiro atoms. The van der Waals surface area contributed by atoms with Crippen LogP contribution in [-0.4, -0.2) is 12.5 Å². The number of rotatable bonds is 3. The van der Waals surface area contributed by atoms with Crippen LogP contribution in [0.15, 0.2) is 18.2 Å². The van der Waals surface area contributed by atoms with Crippen LogP contribution in [0.2, 0.25) is 5.02 Å². The van der Waals surface area contributed by atoms with Crippen molar-refractivity contribution in [3.05, 3.63) is 34.6 Å². The molecule has 0 saturated heterocycles. The first-order chi connectivity index (χ1) is 9.00. The molecule has 2 nitrogen and oxygen atoms in total. The Kier molecular flexibility index (Phi) is 4.46. The molecule has 0 heterocycles. The van der Waals surface area contributed by atoms with E-state index in [-0.39, 0.29) is 16.9 Å². The predicted molar refractivity (Wildman–Crippen MR) is 74.9 cm³/mol. The number of carbonyl (C=O) groups is 1. The van der Waals surface area contributed by atoms with E-state index < -0.39 is 5.82 Å². The zero-order valence-electron chi connectivity index (χ0n) is 11.1. The van der Waals surface area contributed by atoms with Gasteiger partial charge in [0.1, 0.15) is 5.82 Å². The highest BCUT2D eigenvalue weighted by atomic mass is 35.5. The number of hydrogen-bond acceptors (Lipinski definition) is 1. The van der Waals surface area contributed by atoms with Crippen LogP contribution in [0.4, 0.5) is 4.39 Å². The zero-order chi connectivity index (χ0) is 13.9. The quantitative estimate of drug-likeness (QED) is 0.886. The third-order valence-electron chi connectivity index (χ3n) is 3.91. The second kappa shape index (κ2) is 5.91. The molecule has 0 bridgehead atoms. The molecule has 4 heteroatoms. The fourth-order valence-corrected chi connectivity index (χ4v) is 2.81. The normalized spacial score (nSPS) is 18.1. The van der Waals surface area contributed by atoms with Crippen molar-refractivity contribution in [2.45, 2.75) is 39.0 Å². The minimum Gasteiger partial charge on any atom is -0.351 e. The summed E-state index contributed by atoms with van der Waals surface area (Å²) < 4.78 is 13.6. The lowest BCUT2D eigenvalue weighted by Crippen LogP contribution is -2.37. The zero-order valence-corrected chi connectivity index (χ0v) is 11.9. The highest BCUT2D eigenvalue weighted by molar-refractivity contribution is 6.30. The molecule has 0 radical (unpaired) electrons. The van der Waals surface area contributed by atoms with E-state index in [4.69, 9.17) is 11.6 Å². The molecule has 0 atom stereocenters. The maximum Gasteiger partial charge on any atom is 0.254 e. The van der Waals surface area contributed by atoms with E-state index in [9.17, 15) is 9.18 Å². The average molecular weight is 284 g/mol. The van der Waals surface area contributed by atoms with Crippen LogP contribution in [0.5, 0.6) is 0 Å². The highest BCUT2D eigenvalue weighted by Gasteiger charge is 2.27. The molecule has 1 aromatic carbocycles. The van der Waals surface area contributed by atoms with E-state index in [2.05, 4.69) is 12.2 Å². The Bertz CT molecular complexity index is 469. The van der Waals surface area contributed by atoms with E-state index in [1.807, 2.05) is 0 Å². The van der Waals surface area contributed by atoms with Gasteiger partial charge in [0.25, 0.3) is 5.91 Å². The summed E-state index contributed by atoms with van der Waals surface area (Å²) in [4.78, 5) is 12.0.